The van der Waals surface area contributed by atoms with Gasteiger partial charge in [-0.05, 0) is 30.5 Å². The Morgan fingerprint density at radius 1 is 0.930 bits per heavy atom. The molecule has 43 heavy (non-hydrogen) atoms. The third-order valence-corrected chi connectivity index (χ3v) is 6.84. The number of rotatable bonds is 16. The number of para-hydroxylation sites is 1. The van der Waals surface area contributed by atoms with Crippen LogP contribution in [0.3, 0.4) is 0 Å². The van der Waals surface area contributed by atoms with Gasteiger partial charge in [0.05, 0.1) is 12.5 Å². The highest BCUT2D eigenvalue weighted by molar-refractivity contribution is 5.91. The van der Waals surface area contributed by atoms with Crippen LogP contribution in [-0.2, 0) is 35.1 Å². The minimum Gasteiger partial charge on any atom is -0.465 e. The molecule has 3 amide bonds. The van der Waals surface area contributed by atoms with E-state index in [1.807, 2.05) is 31.2 Å². The minimum atomic E-state index is -1.52. The van der Waals surface area contributed by atoms with E-state index in [1.165, 1.54) is 6.92 Å². The zero-order valence-corrected chi connectivity index (χ0v) is 24.3. The maximum atomic E-state index is 13.4. The molecule has 0 saturated carbocycles. The molecule has 0 fully saturated rings. The Kier molecular flexibility index (Phi) is 12.1. The molecule has 2 aromatic carbocycles. The first-order valence-corrected chi connectivity index (χ1v) is 14.1. The van der Waals surface area contributed by atoms with Crippen LogP contribution in [0.2, 0.25) is 0 Å². The van der Waals surface area contributed by atoms with Crippen LogP contribution in [-0.4, -0.2) is 58.8 Å². The molecule has 1 heterocycles. The van der Waals surface area contributed by atoms with Crippen molar-refractivity contribution in [2.45, 2.75) is 64.0 Å². The molecule has 0 spiro atoms. The third kappa shape index (κ3) is 10.2. The van der Waals surface area contributed by atoms with E-state index in [2.05, 4.69) is 20.9 Å². The third-order valence-electron chi connectivity index (χ3n) is 6.84. The number of aromatic amines is 1. The number of carboxylic acid groups (broad SMARTS) is 1. The van der Waals surface area contributed by atoms with Crippen LogP contribution in [0.15, 0.2) is 60.8 Å². The number of nitrogens with one attached hydrogen (secondary N) is 4. The number of carbonyl (C=O) groups excluding carboxylic acids is 4. The lowest BCUT2D eigenvalue weighted by atomic mass is 9.91. The summed E-state index contributed by atoms with van der Waals surface area (Å²) < 4.78 is 9.71. The van der Waals surface area contributed by atoms with Crippen LogP contribution >= 0.6 is 0 Å². The fraction of sp³-hybridized carbons (Fsp3) is 0.387. The quantitative estimate of drug-likeness (QED) is 0.123. The highest BCUT2D eigenvalue weighted by atomic mass is 16.7. The van der Waals surface area contributed by atoms with Crippen molar-refractivity contribution in [1.29, 1.82) is 0 Å². The van der Waals surface area contributed by atoms with Gasteiger partial charge >= 0.3 is 18.0 Å². The molecular formula is C31H38N4O8. The number of carbonyl (C=O) groups is 5. The largest absolute Gasteiger partial charge is 0.465 e. The highest BCUT2D eigenvalue weighted by Crippen LogP contribution is 2.23. The maximum Gasteiger partial charge on any atom is 0.405 e. The van der Waals surface area contributed by atoms with E-state index in [9.17, 15) is 29.1 Å². The first kappa shape index (κ1) is 32.6. The van der Waals surface area contributed by atoms with Crippen molar-refractivity contribution >= 4 is 40.7 Å². The lowest BCUT2D eigenvalue weighted by Gasteiger charge is -2.29. The fourth-order valence-electron chi connectivity index (χ4n) is 4.51. The van der Waals surface area contributed by atoms with Crippen LogP contribution in [0.5, 0.6) is 0 Å². The smallest absolute Gasteiger partial charge is 0.405 e. The number of ether oxygens (including phenoxy) is 2. The molecule has 1 aromatic heterocycles. The Morgan fingerprint density at radius 2 is 1.60 bits per heavy atom. The number of hydrogen-bond donors (Lipinski definition) is 5. The first-order valence-electron chi connectivity index (χ1n) is 14.1. The summed E-state index contributed by atoms with van der Waals surface area (Å²) >= 11 is 0. The molecule has 0 aliphatic heterocycles. The van der Waals surface area contributed by atoms with Crippen molar-refractivity contribution in [2.24, 2.45) is 0 Å². The molecule has 12 heteroatoms. The zero-order chi connectivity index (χ0) is 31.2. The summed E-state index contributed by atoms with van der Waals surface area (Å²) in [6.07, 6.45) is 1.78. The Labute approximate surface area is 249 Å². The summed E-state index contributed by atoms with van der Waals surface area (Å²) in [5.74, 6) is -2.20. The van der Waals surface area contributed by atoms with Crippen LogP contribution < -0.4 is 16.0 Å². The average Bonchev–Trinajstić information content (AvgIpc) is 3.39. The normalized spacial score (nSPS) is 12.9. The van der Waals surface area contributed by atoms with E-state index >= 15 is 0 Å². The second-order valence-electron chi connectivity index (χ2n) is 10.3. The van der Waals surface area contributed by atoms with Crippen LogP contribution in [0.1, 0.15) is 63.1 Å². The summed E-state index contributed by atoms with van der Waals surface area (Å²) in [6, 6.07) is 15.8. The molecule has 3 rings (SSSR count). The SMILES string of the molecule is CCCCC(=O)OCOC(=O)CCC(=O)NC(CNC(=O)C(C)(Cc1c[nH]c2ccccc12)NC(=O)O)c1ccccc1. The number of esters is 2. The van der Waals surface area contributed by atoms with Gasteiger partial charge in [-0.2, -0.15) is 0 Å². The summed E-state index contributed by atoms with van der Waals surface area (Å²) in [7, 11) is 0. The highest BCUT2D eigenvalue weighted by Gasteiger charge is 2.36. The standard InChI is InChI=1S/C31H38N4O8/c1-3-4-14-27(37)42-20-43-28(38)16-15-26(36)34-25(21-10-6-5-7-11-21)19-33-29(39)31(2,35-30(40)41)17-22-18-32-24-13-9-8-12-23(22)24/h5-13,18,25,32,35H,3-4,14-17,19-20H2,1-2H3,(H,33,39)(H,34,36)(H,40,41). The van der Waals surface area contributed by atoms with Gasteiger partial charge in [-0.1, -0.05) is 61.9 Å². The van der Waals surface area contributed by atoms with E-state index in [-0.39, 0.29) is 32.2 Å². The summed E-state index contributed by atoms with van der Waals surface area (Å²) in [6.45, 7) is 2.89. The predicted octanol–water partition coefficient (Wildman–Crippen LogP) is 3.72. The second kappa shape index (κ2) is 15.9. The van der Waals surface area contributed by atoms with Gasteiger partial charge < -0.3 is 35.5 Å². The van der Waals surface area contributed by atoms with Gasteiger partial charge in [0.2, 0.25) is 18.6 Å². The number of unbranched alkanes of at least 4 members (excludes halogenated alkanes) is 1. The molecule has 2 atom stereocenters. The van der Waals surface area contributed by atoms with Gasteiger partial charge in [-0.15, -0.1) is 0 Å². The number of aromatic nitrogens is 1. The van der Waals surface area contributed by atoms with E-state index in [4.69, 9.17) is 9.47 Å². The van der Waals surface area contributed by atoms with Crippen molar-refractivity contribution in [2.75, 3.05) is 13.3 Å². The molecule has 0 radical (unpaired) electrons. The summed E-state index contributed by atoms with van der Waals surface area (Å²) in [5, 5.41) is 18.3. The molecule has 12 nitrogen and oxygen atoms in total. The number of amides is 3. The van der Waals surface area contributed by atoms with Crippen molar-refractivity contribution in [3.8, 4) is 0 Å². The van der Waals surface area contributed by atoms with Crippen LogP contribution in [0.25, 0.3) is 10.9 Å². The van der Waals surface area contributed by atoms with E-state index < -0.39 is 48.2 Å². The molecular weight excluding hydrogens is 556 g/mol. The molecule has 230 valence electrons. The minimum absolute atomic E-state index is 0.0441. The molecule has 0 aliphatic carbocycles. The fourth-order valence-corrected chi connectivity index (χ4v) is 4.51. The van der Waals surface area contributed by atoms with Crippen LogP contribution in [0.4, 0.5) is 4.79 Å². The van der Waals surface area contributed by atoms with Crippen molar-refractivity contribution in [3.05, 3.63) is 71.9 Å². The monoisotopic (exact) mass is 594 g/mol. The number of fused-ring (bicyclic) bond motifs is 1. The molecule has 2 unspecified atom stereocenters. The lowest BCUT2D eigenvalue weighted by Crippen LogP contribution is -2.58. The van der Waals surface area contributed by atoms with Gasteiger partial charge in [-0.25, -0.2) is 4.79 Å². The van der Waals surface area contributed by atoms with Gasteiger partial charge in [0.15, 0.2) is 0 Å². The van der Waals surface area contributed by atoms with Gasteiger partial charge in [0, 0.05) is 42.9 Å². The van der Waals surface area contributed by atoms with Gasteiger partial charge in [-0.3, -0.25) is 19.2 Å². The lowest BCUT2D eigenvalue weighted by molar-refractivity contribution is -0.167. The summed E-state index contributed by atoms with van der Waals surface area (Å²) in [5.41, 5.74) is 0.797. The Morgan fingerprint density at radius 3 is 2.30 bits per heavy atom. The Bertz CT molecular complexity index is 1410. The molecule has 5 N–H and O–H groups in total. The number of benzene rings is 2. The second-order valence-corrected chi connectivity index (χ2v) is 10.3. The number of hydrogen-bond acceptors (Lipinski definition) is 7. The van der Waals surface area contributed by atoms with E-state index in [0.29, 0.717) is 12.0 Å². The average molecular weight is 595 g/mol. The van der Waals surface area contributed by atoms with Gasteiger partial charge in [0.1, 0.15) is 5.54 Å². The molecule has 0 bridgehead atoms. The Hall–Kier alpha value is -4.87. The molecule has 0 saturated heterocycles. The topological polar surface area (TPSA) is 176 Å². The molecule has 0 aliphatic rings. The first-order chi connectivity index (χ1) is 20.6. The van der Waals surface area contributed by atoms with E-state index in [1.54, 1.807) is 36.5 Å². The van der Waals surface area contributed by atoms with Gasteiger partial charge in [0.25, 0.3) is 0 Å². The van der Waals surface area contributed by atoms with Crippen molar-refractivity contribution in [1.82, 2.24) is 20.9 Å². The predicted molar refractivity (Wildman–Crippen MR) is 158 cm³/mol. The number of H-pyrrole nitrogens is 1. The van der Waals surface area contributed by atoms with E-state index in [0.717, 1.165) is 22.9 Å². The maximum absolute atomic E-state index is 13.4. The van der Waals surface area contributed by atoms with Crippen LogP contribution in [0, 0.1) is 0 Å². The summed E-state index contributed by atoms with van der Waals surface area (Å²) in [4.78, 5) is 64.5. The molecule has 3 aromatic rings. The van der Waals surface area contributed by atoms with Crippen molar-refractivity contribution in [3.63, 3.8) is 0 Å². The zero-order valence-electron chi connectivity index (χ0n) is 24.3. The Balaban J connectivity index is 1.60. The van der Waals surface area contributed by atoms with Crippen molar-refractivity contribution < 1.29 is 38.6 Å².